The number of methoxy groups -OCH3 is 1. The van der Waals surface area contributed by atoms with Gasteiger partial charge in [-0.2, -0.15) is 0 Å². The third-order valence-electron chi connectivity index (χ3n) is 6.90. The van der Waals surface area contributed by atoms with Gasteiger partial charge in [0.25, 0.3) is 0 Å². The van der Waals surface area contributed by atoms with Crippen molar-refractivity contribution in [1.82, 2.24) is 9.62 Å². The number of nitrogen functional groups attached to an aromatic ring is 1. The predicted molar refractivity (Wildman–Crippen MR) is 154 cm³/mol. The van der Waals surface area contributed by atoms with Crippen LogP contribution in [0.2, 0.25) is 0 Å². The third-order valence-corrected chi connectivity index (χ3v) is 10.6. The van der Waals surface area contributed by atoms with Crippen molar-refractivity contribution >= 4 is 27.7 Å². The molecule has 0 radical (unpaired) electrons. The Hall–Kier alpha value is -2.93. The van der Waals surface area contributed by atoms with Crippen molar-refractivity contribution in [2.75, 3.05) is 45.6 Å². The zero-order valence-electron chi connectivity index (χ0n) is 24.1. The highest BCUT2D eigenvalue weighted by atomic mass is 32.3. The monoisotopic (exact) mass is 582 g/mol. The Morgan fingerprint density at radius 1 is 1.15 bits per heavy atom. The number of hydrogen-bond acceptors (Lipinski definition) is 7. The van der Waals surface area contributed by atoms with Gasteiger partial charge in [0.15, 0.2) is 0 Å². The minimum atomic E-state index is -3.66. The van der Waals surface area contributed by atoms with Gasteiger partial charge < -0.3 is 19.9 Å². The van der Waals surface area contributed by atoms with Crippen molar-refractivity contribution in [3.63, 3.8) is 0 Å². The zero-order chi connectivity index (χ0) is 29.9. The van der Waals surface area contributed by atoms with Crippen LogP contribution in [0, 0.1) is 11.6 Å². The normalized spacial score (nSPS) is 23.3. The molecular weight excluding hydrogens is 542 g/mol. The van der Waals surface area contributed by atoms with Crippen LogP contribution in [0.5, 0.6) is 0 Å². The molecule has 2 aromatic rings. The van der Waals surface area contributed by atoms with Gasteiger partial charge in [0.1, 0.15) is 34.5 Å². The molecule has 3 N–H and O–H groups in total. The number of amidine groups is 1. The van der Waals surface area contributed by atoms with Crippen molar-refractivity contribution in [3.05, 3.63) is 65.2 Å². The second-order valence-corrected chi connectivity index (χ2v) is 14.2. The largest absolute Gasteiger partial charge is 0.443 e. The first kappa shape index (κ1) is 31.6. The fraction of sp³-hybridized carbons (Fsp3) is 0.500. The number of anilines is 1. The maximum atomic E-state index is 15.3. The molecule has 40 heavy (non-hydrogen) atoms. The van der Waals surface area contributed by atoms with Crippen LogP contribution in [0.3, 0.4) is 0 Å². The average molecular weight is 583 g/mol. The summed E-state index contributed by atoms with van der Waals surface area (Å²) >= 11 is 0. The minimum absolute atomic E-state index is 0.0130. The number of aliphatic imine (C=N–C) groups is 1. The fourth-order valence-corrected chi connectivity index (χ4v) is 7.88. The minimum Gasteiger partial charge on any atom is -0.443 e. The van der Waals surface area contributed by atoms with Crippen molar-refractivity contribution in [3.8, 4) is 0 Å². The molecule has 1 aliphatic heterocycles. The summed E-state index contributed by atoms with van der Waals surface area (Å²) in [5.41, 5.74) is 4.55. The topological polar surface area (TPSA) is 115 Å². The number of carbonyl (C=O) groups excluding carboxylic acids is 1. The first-order chi connectivity index (χ1) is 18.6. The Bertz CT molecular complexity index is 1300. The first-order valence-electron chi connectivity index (χ1n) is 12.9. The second kappa shape index (κ2) is 11.9. The smallest absolute Gasteiger partial charge is 0.417 e. The molecule has 0 aromatic heterocycles. The molecule has 2 atom stereocenters. The summed E-state index contributed by atoms with van der Waals surface area (Å²) in [5, 5.41) is 0. The van der Waals surface area contributed by atoms with Gasteiger partial charge in [-0.1, -0.05) is 12.1 Å². The summed E-state index contributed by atoms with van der Waals surface area (Å²) in [7, 11) is -0.611. The summed E-state index contributed by atoms with van der Waals surface area (Å²) < 4.78 is 62.4. The van der Waals surface area contributed by atoms with Gasteiger partial charge in [-0.25, -0.2) is 18.5 Å². The fourth-order valence-electron chi connectivity index (χ4n) is 4.79. The van der Waals surface area contributed by atoms with E-state index in [0.29, 0.717) is 11.3 Å². The van der Waals surface area contributed by atoms with Gasteiger partial charge in [0, 0.05) is 24.1 Å². The van der Waals surface area contributed by atoms with Gasteiger partial charge in [0.2, 0.25) is 0 Å². The van der Waals surface area contributed by atoms with E-state index in [9.17, 15) is 9.18 Å². The second-order valence-electron chi connectivity index (χ2n) is 11.1. The van der Waals surface area contributed by atoms with Crippen molar-refractivity contribution < 1.29 is 32.0 Å². The summed E-state index contributed by atoms with van der Waals surface area (Å²) in [6.45, 7) is 8.50. The van der Waals surface area contributed by atoms with Gasteiger partial charge in [0.05, 0.1) is 18.8 Å². The van der Waals surface area contributed by atoms with Crippen LogP contribution in [0.1, 0.15) is 45.7 Å². The lowest BCUT2D eigenvalue weighted by Gasteiger charge is -2.52. The van der Waals surface area contributed by atoms with E-state index in [1.807, 2.05) is 0 Å². The maximum Gasteiger partial charge on any atom is 0.417 e. The SMILES string of the molecule is CN[SH]1(=O)C[C@@](C)(c2cc(N)ccc2F)N=C(N(COCCOC)C(=O)OC(C)(C)C)[C@@]1(C)c1ccc(F)cc1. The summed E-state index contributed by atoms with van der Waals surface area (Å²) in [6.07, 6.45) is -0.808. The van der Waals surface area contributed by atoms with Crippen LogP contribution in [0.15, 0.2) is 47.5 Å². The number of benzene rings is 2. The highest BCUT2D eigenvalue weighted by molar-refractivity contribution is 8.02. The molecule has 222 valence electrons. The van der Waals surface area contributed by atoms with E-state index in [1.165, 1.54) is 56.6 Å². The molecule has 12 heteroatoms. The zero-order valence-corrected chi connectivity index (χ0v) is 25.0. The molecule has 0 spiro atoms. The highest BCUT2D eigenvalue weighted by Gasteiger charge is 2.56. The number of rotatable bonds is 8. The molecule has 1 amide bonds. The van der Waals surface area contributed by atoms with Crippen LogP contribution in [0.4, 0.5) is 19.3 Å². The van der Waals surface area contributed by atoms with E-state index in [2.05, 4.69) is 4.72 Å². The molecule has 3 rings (SSSR count). The van der Waals surface area contributed by atoms with E-state index in [-0.39, 0.29) is 37.1 Å². The average Bonchev–Trinajstić information content (AvgIpc) is 2.87. The molecule has 0 bridgehead atoms. The Balaban J connectivity index is 2.36. The third kappa shape index (κ3) is 6.35. The predicted octanol–water partition coefficient (Wildman–Crippen LogP) is 4.10. The lowest BCUT2D eigenvalue weighted by atomic mass is 9.91. The van der Waals surface area contributed by atoms with Crippen LogP contribution in [-0.4, -0.2) is 66.5 Å². The lowest BCUT2D eigenvalue weighted by molar-refractivity contribution is -0.00321. The molecule has 1 heterocycles. The van der Waals surface area contributed by atoms with Crippen molar-refractivity contribution in [2.24, 2.45) is 4.99 Å². The Morgan fingerprint density at radius 2 is 1.80 bits per heavy atom. The van der Waals surface area contributed by atoms with Gasteiger partial charge >= 0.3 is 6.09 Å². The number of thiol groups is 1. The summed E-state index contributed by atoms with van der Waals surface area (Å²) in [4.78, 5) is 19.8. The number of hydrogen-bond donors (Lipinski definition) is 3. The number of carbonyl (C=O) groups is 1. The Morgan fingerprint density at radius 3 is 2.38 bits per heavy atom. The molecule has 0 aliphatic carbocycles. The Labute approximate surface area is 235 Å². The van der Waals surface area contributed by atoms with E-state index in [0.717, 1.165) is 4.90 Å². The first-order valence-corrected chi connectivity index (χ1v) is 14.8. The molecule has 1 aliphatic rings. The number of amides is 1. The number of nitrogens with zero attached hydrogens (tertiary/aromatic N) is 2. The molecule has 0 saturated heterocycles. The standard InChI is InChI=1S/C28H40F2N4O5S/c1-26(2,3)39-25(35)34(18-38-15-14-37-7)24-28(5,19-8-10-20(29)11-9-19)40(36,32-6)17-27(4,33-24)22-16-21(31)12-13-23(22)30/h8-13,16,40H,14-15,17-18,31H2,1-7H3,(H,32,36)/t27-,28+/m0/s1. The van der Waals surface area contributed by atoms with Crippen LogP contribution >= 0.6 is 0 Å². The highest BCUT2D eigenvalue weighted by Crippen LogP contribution is 2.47. The quantitative estimate of drug-likeness (QED) is 0.187. The van der Waals surface area contributed by atoms with Crippen LogP contribution in [-0.2, 0) is 34.6 Å². The summed E-state index contributed by atoms with van der Waals surface area (Å²) in [6, 6.07) is 9.58. The molecule has 9 nitrogen and oxygen atoms in total. The molecule has 0 unspecified atom stereocenters. The number of nitrogens with two attached hydrogens (primary N) is 1. The van der Waals surface area contributed by atoms with Gasteiger partial charge in [-0.05, 0) is 87.7 Å². The Kier molecular flexibility index (Phi) is 9.40. The van der Waals surface area contributed by atoms with Gasteiger partial charge in [-0.15, -0.1) is 0 Å². The van der Waals surface area contributed by atoms with E-state index in [4.69, 9.17) is 24.9 Å². The van der Waals surface area contributed by atoms with Crippen LogP contribution in [0.25, 0.3) is 0 Å². The molecule has 0 saturated carbocycles. The number of halogens is 2. The van der Waals surface area contributed by atoms with Gasteiger partial charge in [-0.3, -0.25) is 13.9 Å². The maximum absolute atomic E-state index is 15.3. The van der Waals surface area contributed by atoms with E-state index in [1.54, 1.807) is 34.6 Å². The lowest BCUT2D eigenvalue weighted by Crippen LogP contribution is -2.65. The molecular formula is C28H40F2N4O5S. The summed E-state index contributed by atoms with van der Waals surface area (Å²) in [5.74, 6) is -1.19. The van der Waals surface area contributed by atoms with Crippen molar-refractivity contribution in [2.45, 2.75) is 50.5 Å². The van der Waals surface area contributed by atoms with E-state index >= 15 is 8.60 Å². The van der Waals surface area contributed by atoms with Crippen LogP contribution < -0.4 is 10.5 Å². The van der Waals surface area contributed by atoms with Crippen molar-refractivity contribution in [1.29, 1.82) is 0 Å². The number of ether oxygens (including phenoxy) is 3. The number of nitrogens with one attached hydrogen (secondary N) is 1. The molecule has 2 aromatic carbocycles. The van der Waals surface area contributed by atoms with E-state index < -0.39 is 43.7 Å². The molecule has 0 fully saturated rings.